The molecule has 1 saturated heterocycles. The first-order chi connectivity index (χ1) is 14.1. The van der Waals surface area contributed by atoms with Gasteiger partial charge in [-0.3, -0.25) is 9.89 Å². The average Bonchev–Trinajstić information content (AvgIpc) is 3.21. The summed E-state index contributed by atoms with van der Waals surface area (Å²) in [5.41, 5.74) is 2.35. The van der Waals surface area contributed by atoms with Gasteiger partial charge in [0.1, 0.15) is 5.82 Å². The van der Waals surface area contributed by atoms with E-state index in [0.29, 0.717) is 17.1 Å². The quantitative estimate of drug-likeness (QED) is 0.660. The molecule has 0 unspecified atom stereocenters. The summed E-state index contributed by atoms with van der Waals surface area (Å²) in [6.07, 6.45) is 1.90. The number of anilines is 1. The zero-order valence-electron chi connectivity index (χ0n) is 15.9. The number of amides is 1. The monoisotopic (exact) mass is 412 g/mol. The van der Waals surface area contributed by atoms with Gasteiger partial charge in [0.15, 0.2) is 5.82 Å². The number of benzene rings is 2. The van der Waals surface area contributed by atoms with Crippen molar-refractivity contribution < 1.29 is 9.18 Å². The van der Waals surface area contributed by atoms with E-state index in [1.165, 1.54) is 6.07 Å². The molecule has 3 aromatic rings. The van der Waals surface area contributed by atoms with Gasteiger partial charge in [-0.25, -0.2) is 4.39 Å². The Morgan fingerprint density at radius 1 is 1.24 bits per heavy atom. The molecule has 4 rings (SSSR count). The molecule has 0 radical (unpaired) electrons. The maximum atomic E-state index is 13.8. The SMILES string of the molecule is O=C(Cc1ccccc1F)N[C@H]1CCCN(c2cc(-c3ccc(Cl)cc3)[nH]n2)C1. The van der Waals surface area contributed by atoms with Gasteiger partial charge in [0.25, 0.3) is 0 Å². The van der Waals surface area contributed by atoms with Crippen LogP contribution < -0.4 is 10.2 Å². The predicted molar refractivity (Wildman–Crippen MR) is 113 cm³/mol. The topological polar surface area (TPSA) is 61.0 Å². The van der Waals surface area contributed by atoms with Crippen LogP contribution in [0.1, 0.15) is 18.4 Å². The van der Waals surface area contributed by atoms with Crippen molar-refractivity contribution in [3.8, 4) is 11.3 Å². The molecule has 1 atom stereocenters. The van der Waals surface area contributed by atoms with Crippen LogP contribution >= 0.6 is 11.6 Å². The van der Waals surface area contributed by atoms with Gasteiger partial charge in [0.2, 0.25) is 5.91 Å². The van der Waals surface area contributed by atoms with Crippen LogP contribution in [0, 0.1) is 5.82 Å². The molecule has 5 nitrogen and oxygen atoms in total. The first kappa shape index (κ1) is 19.5. The summed E-state index contributed by atoms with van der Waals surface area (Å²) in [6, 6.07) is 16.0. The molecule has 7 heteroatoms. The van der Waals surface area contributed by atoms with E-state index in [1.54, 1.807) is 18.2 Å². The van der Waals surface area contributed by atoms with Crippen molar-refractivity contribution in [1.29, 1.82) is 0 Å². The fourth-order valence-corrected chi connectivity index (χ4v) is 3.77. The van der Waals surface area contributed by atoms with E-state index in [9.17, 15) is 9.18 Å². The van der Waals surface area contributed by atoms with Crippen molar-refractivity contribution >= 4 is 23.3 Å². The fraction of sp³-hybridized carbons (Fsp3) is 0.273. The molecular formula is C22H22ClFN4O. The van der Waals surface area contributed by atoms with Gasteiger partial charge >= 0.3 is 0 Å². The zero-order chi connectivity index (χ0) is 20.2. The number of aromatic nitrogens is 2. The largest absolute Gasteiger partial charge is 0.353 e. The lowest BCUT2D eigenvalue weighted by Crippen LogP contribution is -2.48. The van der Waals surface area contributed by atoms with E-state index >= 15 is 0 Å². The number of carbonyl (C=O) groups is 1. The third-order valence-corrected chi connectivity index (χ3v) is 5.39. The van der Waals surface area contributed by atoms with Crippen LogP contribution in [-0.4, -0.2) is 35.2 Å². The van der Waals surface area contributed by atoms with Gasteiger partial charge < -0.3 is 10.2 Å². The van der Waals surface area contributed by atoms with Gasteiger partial charge in [0, 0.05) is 30.2 Å². The highest BCUT2D eigenvalue weighted by atomic mass is 35.5. The Kier molecular flexibility index (Phi) is 5.81. The van der Waals surface area contributed by atoms with Crippen molar-refractivity contribution in [3.05, 3.63) is 71.0 Å². The summed E-state index contributed by atoms with van der Waals surface area (Å²) in [7, 11) is 0. The first-order valence-corrected chi connectivity index (χ1v) is 10.1. The van der Waals surface area contributed by atoms with E-state index in [-0.39, 0.29) is 24.2 Å². The third kappa shape index (κ3) is 4.77. The molecule has 1 aliphatic rings. The molecule has 29 heavy (non-hydrogen) atoms. The molecule has 0 aliphatic carbocycles. The Bertz CT molecular complexity index is 988. The van der Waals surface area contributed by atoms with Crippen LogP contribution in [0.4, 0.5) is 10.2 Å². The number of nitrogens with one attached hydrogen (secondary N) is 2. The summed E-state index contributed by atoms with van der Waals surface area (Å²) in [6.45, 7) is 1.55. The number of carbonyl (C=O) groups excluding carboxylic acids is 1. The van der Waals surface area contributed by atoms with Crippen LogP contribution in [0.25, 0.3) is 11.3 Å². The summed E-state index contributed by atoms with van der Waals surface area (Å²) in [4.78, 5) is 14.5. The number of piperidine rings is 1. The molecular weight excluding hydrogens is 391 g/mol. The maximum Gasteiger partial charge on any atom is 0.224 e. The molecule has 2 heterocycles. The van der Waals surface area contributed by atoms with Crippen molar-refractivity contribution in [2.75, 3.05) is 18.0 Å². The highest BCUT2D eigenvalue weighted by Crippen LogP contribution is 2.25. The fourth-order valence-electron chi connectivity index (χ4n) is 3.65. The number of rotatable bonds is 5. The standard InChI is InChI=1S/C22H22ClFN4O/c23-17-9-7-15(8-10-17)20-13-21(27-26-20)28-11-3-5-18(14-28)25-22(29)12-16-4-1-2-6-19(16)24/h1-2,4,6-10,13,18H,3,5,11-12,14H2,(H,25,29)(H,26,27)/t18-/m0/s1. The number of nitrogens with zero attached hydrogens (tertiary/aromatic N) is 2. The summed E-state index contributed by atoms with van der Waals surface area (Å²) >= 11 is 5.95. The molecule has 1 amide bonds. The van der Waals surface area contributed by atoms with E-state index in [2.05, 4.69) is 20.4 Å². The second-order valence-corrected chi connectivity index (χ2v) is 7.70. The minimum atomic E-state index is -0.348. The van der Waals surface area contributed by atoms with Gasteiger partial charge in [-0.2, -0.15) is 5.10 Å². The Morgan fingerprint density at radius 3 is 2.83 bits per heavy atom. The summed E-state index contributed by atoms with van der Waals surface area (Å²) < 4.78 is 13.8. The van der Waals surface area contributed by atoms with Crippen molar-refractivity contribution in [1.82, 2.24) is 15.5 Å². The maximum absolute atomic E-state index is 13.8. The second-order valence-electron chi connectivity index (χ2n) is 7.27. The van der Waals surface area contributed by atoms with E-state index in [0.717, 1.165) is 36.5 Å². The lowest BCUT2D eigenvalue weighted by molar-refractivity contribution is -0.121. The lowest BCUT2D eigenvalue weighted by atomic mass is 10.0. The minimum absolute atomic E-state index is 0.0127. The minimum Gasteiger partial charge on any atom is -0.353 e. The van der Waals surface area contributed by atoms with E-state index < -0.39 is 0 Å². The molecule has 150 valence electrons. The predicted octanol–water partition coefficient (Wildman–Crippen LogP) is 4.20. The van der Waals surface area contributed by atoms with Crippen molar-refractivity contribution in [2.45, 2.75) is 25.3 Å². The van der Waals surface area contributed by atoms with Crippen LogP contribution in [-0.2, 0) is 11.2 Å². The molecule has 1 aromatic heterocycles. The number of H-pyrrole nitrogens is 1. The number of hydrogen-bond donors (Lipinski definition) is 2. The van der Waals surface area contributed by atoms with Crippen LogP contribution in [0.3, 0.4) is 0 Å². The molecule has 0 saturated carbocycles. The van der Waals surface area contributed by atoms with Crippen LogP contribution in [0.5, 0.6) is 0 Å². The van der Waals surface area contributed by atoms with Crippen LogP contribution in [0.2, 0.25) is 5.02 Å². The smallest absolute Gasteiger partial charge is 0.224 e. The summed E-state index contributed by atoms with van der Waals surface area (Å²) in [5.74, 6) is 0.341. The van der Waals surface area contributed by atoms with Gasteiger partial charge in [-0.1, -0.05) is 41.9 Å². The molecule has 2 N–H and O–H groups in total. The van der Waals surface area contributed by atoms with Crippen molar-refractivity contribution in [3.63, 3.8) is 0 Å². The summed E-state index contributed by atoms with van der Waals surface area (Å²) in [5, 5.41) is 11.2. The Labute approximate surface area is 173 Å². The second kappa shape index (κ2) is 8.66. The Hall–Kier alpha value is -2.86. The number of hydrogen-bond acceptors (Lipinski definition) is 3. The molecule has 1 fully saturated rings. The Morgan fingerprint density at radius 2 is 2.03 bits per heavy atom. The zero-order valence-corrected chi connectivity index (χ0v) is 16.6. The van der Waals surface area contributed by atoms with Gasteiger partial charge in [0.05, 0.1) is 12.1 Å². The number of halogens is 2. The van der Waals surface area contributed by atoms with Crippen LogP contribution in [0.15, 0.2) is 54.6 Å². The lowest BCUT2D eigenvalue weighted by Gasteiger charge is -2.33. The molecule has 0 bridgehead atoms. The molecule has 0 spiro atoms. The van der Waals surface area contributed by atoms with Gasteiger partial charge in [-0.05, 0) is 42.2 Å². The third-order valence-electron chi connectivity index (χ3n) is 5.14. The normalized spacial score (nSPS) is 16.6. The molecule has 2 aromatic carbocycles. The highest BCUT2D eigenvalue weighted by Gasteiger charge is 2.23. The Balaban J connectivity index is 1.38. The molecule has 1 aliphatic heterocycles. The van der Waals surface area contributed by atoms with Crippen molar-refractivity contribution in [2.24, 2.45) is 0 Å². The first-order valence-electron chi connectivity index (χ1n) is 9.67. The number of aromatic amines is 1. The van der Waals surface area contributed by atoms with Gasteiger partial charge in [-0.15, -0.1) is 0 Å². The van der Waals surface area contributed by atoms with E-state index in [1.807, 2.05) is 30.3 Å². The highest BCUT2D eigenvalue weighted by molar-refractivity contribution is 6.30. The average molecular weight is 413 g/mol. The van der Waals surface area contributed by atoms with E-state index in [4.69, 9.17) is 11.6 Å².